The van der Waals surface area contributed by atoms with Crippen molar-refractivity contribution in [3.05, 3.63) is 24.3 Å². The summed E-state index contributed by atoms with van der Waals surface area (Å²) in [6, 6.07) is 7.92. The summed E-state index contributed by atoms with van der Waals surface area (Å²) in [6.07, 6.45) is 2.03. The fourth-order valence-corrected chi connectivity index (χ4v) is 3.22. The number of nitrogens with zero attached hydrogens (tertiary/aromatic N) is 2. The summed E-state index contributed by atoms with van der Waals surface area (Å²) in [4.78, 5) is 18.6. The molecule has 1 saturated heterocycles. The van der Waals surface area contributed by atoms with E-state index in [2.05, 4.69) is 15.2 Å². The third-order valence-electron chi connectivity index (χ3n) is 3.35. The number of hydrogen-bond acceptors (Lipinski definition) is 4. The number of rotatable bonds is 2. The minimum Gasteiger partial charge on any atom is -0.301 e. The first kappa shape index (κ1) is 11.6. The minimum atomic E-state index is -0.00277. The molecule has 1 N–H and O–H groups in total. The van der Waals surface area contributed by atoms with Gasteiger partial charge in [0.1, 0.15) is 0 Å². The number of para-hydroxylation sites is 1. The van der Waals surface area contributed by atoms with E-state index in [1.165, 1.54) is 11.3 Å². The highest BCUT2D eigenvalue weighted by molar-refractivity contribution is 7.22. The Kier molecular flexibility index (Phi) is 3.01. The third-order valence-corrected chi connectivity index (χ3v) is 4.30. The van der Waals surface area contributed by atoms with Crippen LogP contribution in [0.5, 0.6) is 0 Å². The van der Waals surface area contributed by atoms with Crippen LogP contribution in [0, 0.1) is 0 Å². The monoisotopic (exact) mass is 261 g/mol. The molecule has 1 aromatic carbocycles. The largest absolute Gasteiger partial charge is 0.301 e. The van der Waals surface area contributed by atoms with Crippen molar-refractivity contribution < 1.29 is 4.79 Å². The molecular formula is C13H15N3OS. The molecule has 0 spiro atoms. The lowest BCUT2D eigenvalue weighted by Gasteiger charge is -2.17. The van der Waals surface area contributed by atoms with Gasteiger partial charge in [0, 0.05) is 0 Å². The second-order valence-corrected chi connectivity index (χ2v) is 5.65. The summed E-state index contributed by atoms with van der Waals surface area (Å²) in [5.74, 6) is 0.0639. The molecule has 0 unspecified atom stereocenters. The summed E-state index contributed by atoms with van der Waals surface area (Å²) in [7, 11) is 2.00. The number of benzene rings is 1. The van der Waals surface area contributed by atoms with Crippen molar-refractivity contribution in [2.45, 2.75) is 18.9 Å². The average molecular weight is 261 g/mol. The van der Waals surface area contributed by atoms with E-state index in [1.807, 2.05) is 31.3 Å². The van der Waals surface area contributed by atoms with Gasteiger partial charge in [-0.1, -0.05) is 23.5 Å². The zero-order valence-electron chi connectivity index (χ0n) is 10.2. The molecule has 0 aliphatic carbocycles. The molecule has 1 aromatic heterocycles. The number of carbonyl (C=O) groups excluding carboxylic acids is 1. The zero-order valence-corrected chi connectivity index (χ0v) is 11.0. The van der Waals surface area contributed by atoms with Crippen molar-refractivity contribution in [2.75, 3.05) is 18.9 Å². The van der Waals surface area contributed by atoms with Crippen LogP contribution in [-0.4, -0.2) is 35.4 Å². The second-order valence-electron chi connectivity index (χ2n) is 4.61. The van der Waals surface area contributed by atoms with Crippen LogP contribution in [0.25, 0.3) is 10.2 Å². The molecule has 1 amide bonds. The summed E-state index contributed by atoms with van der Waals surface area (Å²) in [5, 5.41) is 3.63. The van der Waals surface area contributed by atoms with Gasteiger partial charge in [0.05, 0.1) is 16.3 Å². The van der Waals surface area contributed by atoms with Gasteiger partial charge in [-0.25, -0.2) is 4.98 Å². The molecule has 0 bridgehead atoms. The fourth-order valence-electron chi connectivity index (χ4n) is 2.36. The van der Waals surface area contributed by atoms with Crippen LogP contribution in [0.3, 0.4) is 0 Å². The molecule has 18 heavy (non-hydrogen) atoms. The van der Waals surface area contributed by atoms with Gasteiger partial charge in [-0.15, -0.1) is 0 Å². The van der Waals surface area contributed by atoms with Crippen LogP contribution >= 0.6 is 11.3 Å². The van der Waals surface area contributed by atoms with Crippen molar-refractivity contribution in [3.63, 3.8) is 0 Å². The first-order valence-electron chi connectivity index (χ1n) is 6.11. The zero-order chi connectivity index (χ0) is 12.5. The van der Waals surface area contributed by atoms with Gasteiger partial charge in [0.2, 0.25) is 5.91 Å². The number of anilines is 1. The molecule has 1 fully saturated rings. The van der Waals surface area contributed by atoms with E-state index in [-0.39, 0.29) is 11.9 Å². The Labute approximate surface area is 110 Å². The lowest BCUT2D eigenvalue weighted by molar-refractivity contribution is -0.119. The lowest BCUT2D eigenvalue weighted by atomic mass is 10.2. The van der Waals surface area contributed by atoms with E-state index in [4.69, 9.17) is 0 Å². The number of carbonyl (C=O) groups is 1. The number of fused-ring (bicyclic) bond motifs is 1. The van der Waals surface area contributed by atoms with Gasteiger partial charge in [-0.2, -0.15) is 0 Å². The Bertz CT molecular complexity index is 547. The smallest absolute Gasteiger partial charge is 0.243 e. The van der Waals surface area contributed by atoms with Crippen molar-refractivity contribution in [2.24, 2.45) is 0 Å². The van der Waals surface area contributed by atoms with E-state index in [9.17, 15) is 4.79 Å². The summed E-state index contributed by atoms with van der Waals surface area (Å²) >= 11 is 1.52. The number of nitrogens with one attached hydrogen (secondary N) is 1. The topological polar surface area (TPSA) is 45.2 Å². The number of amides is 1. The molecule has 2 heterocycles. The Balaban J connectivity index is 1.77. The predicted octanol–water partition coefficient (Wildman–Crippen LogP) is 2.33. The number of aromatic nitrogens is 1. The van der Waals surface area contributed by atoms with Crippen molar-refractivity contribution >= 4 is 32.6 Å². The maximum absolute atomic E-state index is 12.1. The fraction of sp³-hybridized carbons (Fsp3) is 0.385. The molecule has 1 aliphatic rings. The predicted molar refractivity (Wildman–Crippen MR) is 73.9 cm³/mol. The van der Waals surface area contributed by atoms with Gasteiger partial charge >= 0.3 is 0 Å². The number of thiazole rings is 1. The molecule has 0 radical (unpaired) electrons. The Hall–Kier alpha value is -1.46. The molecular weight excluding hydrogens is 246 g/mol. The SMILES string of the molecule is CN1CCC[C@H]1C(=O)Nc1nc2ccccc2s1. The second kappa shape index (κ2) is 4.66. The van der Waals surface area contributed by atoms with Gasteiger partial charge in [0.15, 0.2) is 5.13 Å². The van der Waals surface area contributed by atoms with E-state index in [0.29, 0.717) is 5.13 Å². The minimum absolute atomic E-state index is 0.00277. The van der Waals surface area contributed by atoms with Gasteiger partial charge in [-0.3, -0.25) is 9.69 Å². The summed E-state index contributed by atoms with van der Waals surface area (Å²) in [5.41, 5.74) is 0.942. The highest BCUT2D eigenvalue weighted by atomic mass is 32.1. The lowest BCUT2D eigenvalue weighted by Crippen LogP contribution is -2.37. The van der Waals surface area contributed by atoms with Crippen LogP contribution in [-0.2, 0) is 4.79 Å². The molecule has 4 nitrogen and oxygen atoms in total. The maximum atomic E-state index is 12.1. The molecule has 1 aliphatic heterocycles. The van der Waals surface area contributed by atoms with Crippen LogP contribution in [0.15, 0.2) is 24.3 Å². The Morgan fingerprint density at radius 2 is 2.33 bits per heavy atom. The quantitative estimate of drug-likeness (QED) is 0.902. The van der Waals surface area contributed by atoms with E-state index >= 15 is 0 Å². The number of likely N-dealkylation sites (tertiary alicyclic amines) is 1. The molecule has 3 rings (SSSR count). The van der Waals surface area contributed by atoms with Gasteiger partial charge in [-0.05, 0) is 38.6 Å². The van der Waals surface area contributed by atoms with Crippen molar-refractivity contribution in [1.29, 1.82) is 0 Å². The van der Waals surface area contributed by atoms with E-state index < -0.39 is 0 Å². The van der Waals surface area contributed by atoms with Gasteiger partial charge < -0.3 is 5.32 Å². The Morgan fingerprint density at radius 1 is 1.50 bits per heavy atom. The first-order valence-corrected chi connectivity index (χ1v) is 6.92. The Morgan fingerprint density at radius 3 is 3.06 bits per heavy atom. The van der Waals surface area contributed by atoms with Crippen molar-refractivity contribution in [1.82, 2.24) is 9.88 Å². The molecule has 5 heteroatoms. The highest BCUT2D eigenvalue weighted by Gasteiger charge is 2.28. The molecule has 94 valence electrons. The van der Waals surface area contributed by atoms with Crippen molar-refractivity contribution in [3.8, 4) is 0 Å². The highest BCUT2D eigenvalue weighted by Crippen LogP contribution is 2.26. The van der Waals surface area contributed by atoms with E-state index in [0.717, 1.165) is 29.6 Å². The van der Waals surface area contributed by atoms with Crippen LogP contribution in [0.1, 0.15) is 12.8 Å². The summed E-state index contributed by atoms with van der Waals surface area (Å²) in [6.45, 7) is 0.998. The van der Waals surface area contributed by atoms with Crippen LogP contribution < -0.4 is 5.32 Å². The van der Waals surface area contributed by atoms with E-state index in [1.54, 1.807) is 0 Å². The van der Waals surface area contributed by atoms with Gasteiger partial charge in [0.25, 0.3) is 0 Å². The molecule has 2 aromatic rings. The number of hydrogen-bond donors (Lipinski definition) is 1. The molecule has 1 atom stereocenters. The van der Waals surface area contributed by atoms with Crippen LogP contribution in [0.2, 0.25) is 0 Å². The summed E-state index contributed by atoms with van der Waals surface area (Å²) < 4.78 is 1.10. The standard InChI is InChI=1S/C13H15N3OS/c1-16-8-4-6-10(16)12(17)15-13-14-9-5-2-3-7-11(9)18-13/h2-3,5,7,10H,4,6,8H2,1H3,(H,14,15,17)/t10-/m0/s1. The average Bonchev–Trinajstić information content (AvgIpc) is 2.94. The van der Waals surface area contributed by atoms with Crippen LogP contribution in [0.4, 0.5) is 5.13 Å². The maximum Gasteiger partial charge on any atom is 0.243 e. The number of likely N-dealkylation sites (N-methyl/N-ethyl adjacent to an activating group) is 1. The first-order chi connectivity index (χ1) is 8.74. The third kappa shape index (κ3) is 2.11. The normalized spacial score (nSPS) is 20.4. The molecule has 0 saturated carbocycles.